The molecule has 15 heavy (non-hydrogen) atoms. The van der Waals surface area contributed by atoms with Crippen molar-refractivity contribution in [3.8, 4) is 0 Å². The van der Waals surface area contributed by atoms with Gasteiger partial charge in [0.1, 0.15) is 11.4 Å². The third-order valence-electron chi connectivity index (χ3n) is 1.35. The largest absolute Gasteiger partial charge is 0.331 e. The first-order chi connectivity index (χ1) is 6.97. The molecule has 0 unspecified atom stereocenters. The van der Waals surface area contributed by atoms with Crippen molar-refractivity contribution in [3.63, 3.8) is 0 Å². The van der Waals surface area contributed by atoms with Gasteiger partial charge in [-0.05, 0) is 13.3 Å². The summed E-state index contributed by atoms with van der Waals surface area (Å²) in [6, 6.07) is 0. The SMILES string of the molecule is CCC(=N\OC(C)=O)/C(C)=N/OC(C)=O. The van der Waals surface area contributed by atoms with E-state index in [9.17, 15) is 9.59 Å². The average molecular weight is 214 g/mol. The van der Waals surface area contributed by atoms with Crippen molar-refractivity contribution in [2.45, 2.75) is 34.1 Å². The third-order valence-corrected chi connectivity index (χ3v) is 1.35. The minimum absolute atomic E-state index is 0.397. The van der Waals surface area contributed by atoms with Crippen molar-refractivity contribution in [2.75, 3.05) is 0 Å². The predicted molar refractivity (Wildman–Crippen MR) is 54.4 cm³/mol. The average Bonchev–Trinajstić information content (AvgIpc) is 2.15. The van der Waals surface area contributed by atoms with Crippen LogP contribution in [0.4, 0.5) is 0 Å². The van der Waals surface area contributed by atoms with E-state index in [0.29, 0.717) is 17.8 Å². The van der Waals surface area contributed by atoms with E-state index < -0.39 is 11.9 Å². The molecule has 0 bridgehead atoms. The summed E-state index contributed by atoms with van der Waals surface area (Å²) in [5.74, 6) is -1.03. The fourth-order valence-corrected chi connectivity index (χ4v) is 0.691. The standard InChI is InChI=1S/C9H14N2O4/c1-5-9(11-15-8(4)13)6(2)10-14-7(3)12/h5H2,1-4H3/b10-6+,11-9+. The van der Waals surface area contributed by atoms with Gasteiger partial charge in [0.25, 0.3) is 0 Å². The molecule has 0 amide bonds. The summed E-state index contributed by atoms with van der Waals surface area (Å²) in [4.78, 5) is 29.8. The Morgan fingerprint density at radius 3 is 1.87 bits per heavy atom. The number of nitrogens with zero attached hydrogens (tertiary/aromatic N) is 2. The Labute approximate surface area is 87.9 Å². The van der Waals surface area contributed by atoms with Gasteiger partial charge in [0, 0.05) is 13.8 Å². The van der Waals surface area contributed by atoms with Crippen LogP contribution in [0.5, 0.6) is 0 Å². The molecule has 0 N–H and O–H groups in total. The second kappa shape index (κ2) is 6.69. The second-order valence-corrected chi connectivity index (χ2v) is 2.73. The molecular formula is C9H14N2O4. The van der Waals surface area contributed by atoms with E-state index in [1.54, 1.807) is 6.92 Å². The van der Waals surface area contributed by atoms with Gasteiger partial charge in [-0.3, -0.25) is 0 Å². The molecule has 0 aliphatic rings. The van der Waals surface area contributed by atoms with Crippen LogP contribution in [0.15, 0.2) is 10.3 Å². The molecule has 0 aliphatic heterocycles. The van der Waals surface area contributed by atoms with E-state index in [2.05, 4.69) is 20.0 Å². The minimum Gasteiger partial charge on any atom is -0.318 e. The topological polar surface area (TPSA) is 77.3 Å². The summed E-state index contributed by atoms with van der Waals surface area (Å²) < 4.78 is 0. The van der Waals surface area contributed by atoms with Crippen LogP contribution in [0, 0.1) is 0 Å². The Balaban J connectivity index is 4.51. The number of hydrogen-bond acceptors (Lipinski definition) is 6. The summed E-state index contributed by atoms with van der Waals surface area (Å²) in [5.41, 5.74) is 0.848. The molecule has 6 heteroatoms. The quantitative estimate of drug-likeness (QED) is 0.401. The maximum Gasteiger partial charge on any atom is 0.331 e. The third kappa shape index (κ3) is 6.36. The summed E-state index contributed by atoms with van der Waals surface area (Å²) in [6.07, 6.45) is 0.518. The molecule has 0 heterocycles. The van der Waals surface area contributed by atoms with E-state index in [1.165, 1.54) is 13.8 Å². The fourth-order valence-electron chi connectivity index (χ4n) is 0.691. The van der Waals surface area contributed by atoms with Crippen molar-refractivity contribution in [1.82, 2.24) is 0 Å². The first-order valence-corrected chi connectivity index (χ1v) is 4.44. The van der Waals surface area contributed by atoms with Gasteiger partial charge in [-0.25, -0.2) is 9.59 Å². The smallest absolute Gasteiger partial charge is 0.318 e. The zero-order valence-electron chi connectivity index (χ0n) is 9.23. The van der Waals surface area contributed by atoms with Crippen LogP contribution < -0.4 is 0 Å². The molecule has 0 spiro atoms. The van der Waals surface area contributed by atoms with Crippen molar-refractivity contribution < 1.29 is 19.3 Å². The lowest BCUT2D eigenvalue weighted by Crippen LogP contribution is -2.12. The summed E-state index contributed by atoms with van der Waals surface area (Å²) in [6.45, 7) is 5.91. The van der Waals surface area contributed by atoms with E-state index in [4.69, 9.17) is 0 Å². The number of carbonyl (C=O) groups is 2. The predicted octanol–water partition coefficient (Wildman–Crippen LogP) is 1.25. The highest BCUT2D eigenvalue weighted by Gasteiger charge is 2.04. The van der Waals surface area contributed by atoms with Crippen LogP contribution in [0.3, 0.4) is 0 Å². The Morgan fingerprint density at radius 2 is 1.47 bits per heavy atom. The first-order valence-electron chi connectivity index (χ1n) is 4.44. The van der Waals surface area contributed by atoms with Gasteiger partial charge in [0.15, 0.2) is 0 Å². The Hall–Kier alpha value is -1.72. The molecule has 0 saturated heterocycles. The lowest BCUT2D eigenvalue weighted by molar-refractivity contribution is -0.142. The Bertz CT molecular complexity index is 307. The summed E-state index contributed by atoms with van der Waals surface area (Å²) in [5, 5.41) is 7.08. The molecule has 0 aromatic heterocycles. The summed E-state index contributed by atoms with van der Waals surface area (Å²) in [7, 11) is 0. The van der Waals surface area contributed by atoms with E-state index in [-0.39, 0.29) is 0 Å². The van der Waals surface area contributed by atoms with Crippen LogP contribution >= 0.6 is 0 Å². The molecule has 0 aliphatic carbocycles. The maximum atomic E-state index is 10.5. The number of rotatable bonds is 4. The highest BCUT2D eigenvalue weighted by molar-refractivity contribution is 6.41. The number of oxime groups is 2. The fraction of sp³-hybridized carbons (Fsp3) is 0.556. The van der Waals surface area contributed by atoms with E-state index in [0.717, 1.165) is 0 Å². The van der Waals surface area contributed by atoms with Crippen molar-refractivity contribution in [2.24, 2.45) is 10.3 Å². The van der Waals surface area contributed by atoms with Gasteiger partial charge < -0.3 is 9.68 Å². The zero-order valence-corrected chi connectivity index (χ0v) is 9.23. The van der Waals surface area contributed by atoms with Crippen molar-refractivity contribution >= 4 is 23.4 Å². The van der Waals surface area contributed by atoms with E-state index >= 15 is 0 Å². The zero-order chi connectivity index (χ0) is 11.8. The Morgan fingerprint density at radius 1 is 1.00 bits per heavy atom. The van der Waals surface area contributed by atoms with Gasteiger partial charge in [-0.2, -0.15) is 0 Å². The molecule has 6 nitrogen and oxygen atoms in total. The molecule has 0 radical (unpaired) electrons. The molecule has 0 atom stereocenters. The molecule has 0 rings (SSSR count). The van der Waals surface area contributed by atoms with Gasteiger partial charge >= 0.3 is 11.9 Å². The van der Waals surface area contributed by atoms with Crippen LogP contribution in [0.1, 0.15) is 34.1 Å². The normalized spacial score (nSPS) is 12.3. The molecule has 0 fully saturated rings. The molecular weight excluding hydrogens is 200 g/mol. The monoisotopic (exact) mass is 214 g/mol. The van der Waals surface area contributed by atoms with Gasteiger partial charge in [-0.15, -0.1) is 0 Å². The molecule has 0 aromatic rings. The van der Waals surface area contributed by atoms with Gasteiger partial charge in [0.2, 0.25) is 0 Å². The molecule has 84 valence electrons. The maximum absolute atomic E-state index is 10.5. The van der Waals surface area contributed by atoms with Crippen molar-refractivity contribution in [1.29, 1.82) is 0 Å². The minimum atomic E-state index is -0.516. The first kappa shape index (κ1) is 13.3. The Kier molecular flexibility index (Phi) is 5.92. The lowest BCUT2D eigenvalue weighted by Gasteiger charge is -2.00. The van der Waals surface area contributed by atoms with Gasteiger partial charge in [0.05, 0.1) is 0 Å². The van der Waals surface area contributed by atoms with Crippen molar-refractivity contribution in [3.05, 3.63) is 0 Å². The van der Waals surface area contributed by atoms with Crippen LogP contribution in [0.25, 0.3) is 0 Å². The van der Waals surface area contributed by atoms with Gasteiger partial charge in [-0.1, -0.05) is 17.2 Å². The number of carbonyl (C=O) groups excluding carboxylic acids is 2. The highest BCUT2D eigenvalue weighted by Crippen LogP contribution is 1.94. The van der Waals surface area contributed by atoms with Crippen LogP contribution in [-0.2, 0) is 19.3 Å². The number of hydrogen-bond donors (Lipinski definition) is 0. The molecule has 0 aromatic carbocycles. The lowest BCUT2D eigenvalue weighted by atomic mass is 10.2. The summed E-state index contributed by atoms with van der Waals surface area (Å²) >= 11 is 0. The molecule has 0 saturated carbocycles. The highest BCUT2D eigenvalue weighted by atomic mass is 16.7. The van der Waals surface area contributed by atoms with Crippen LogP contribution in [-0.4, -0.2) is 23.4 Å². The van der Waals surface area contributed by atoms with Crippen LogP contribution in [0.2, 0.25) is 0 Å². The second-order valence-electron chi connectivity index (χ2n) is 2.73. The van der Waals surface area contributed by atoms with E-state index in [1.807, 2.05) is 6.92 Å².